The summed E-state index contributed by atoms with van der Waals surface area (Å²) in [7, 11) is -9.91. The van der Waals surface area contributed by atoms with E-state index >= 15 is 0 Å². The lowest BCUT2D eigenvalue weighted by molar-refractivity contribution is -0.161. The molecule has 0 aliphatic rings. The highest BCUT2D eigenvalue weighted by Crippen LogP contribution is 2.45. The van der Waals surface area contributed by atoms with Gasteiger partial charge in [0.1, 0.15) is 19.3 Å². The molecule has 0 aliphatic heterocycles. The monoisotopic (exact) mass is 1410 g/mol. The third kappa shape index (κ3) is 67.9. The molecule has 0 aromatic rings. The van der Waals surface area contributed by atoms with Gasteiger partial charge in [0.25, 0.3) is 0 Å². The van der Waals surface area contributed by atoms with E-state index in [0.717, 1.165) is 120 Å². The maximum Gasteiger partial charge on any atom is 0.472 e. The normalized spacial score (nSPS) is 14.7. The van der Waals surface area contributed by atoms with E-state index in [4.69, 9.17) is 37.0 Å². The van der Waals surface area contributed by atoms with Crippen LogP contribution in [0, 0.1) is 23.7 Å². The summed E-state index contributed by atoms with van der Waals surface area (Å²) in [6.07, 6.45) is 51.5. The van der Waals surface area contributed by atoms with Crippen molar-refractivity contribution in [1.29, 1.82) is 0 Å². The molecule has 570 valence electrons. The third-order valence-electron chi connectivity index (χ3n) is 18.5. The highest BCUT2D eigenvalue weighted by Gasteiger charge is 2.30. The van der Waals surface area contributed by atoms with Crippen LogP contribution in [0.1, 0.15) is 389 Å². The minimum atomic E-state index is -4.96. The average molecular weight is 1410 g/mol. The van der Waals surface area contributed by atoms with E-state index in [-0.39, 0.29) is 25.7 Å². The zero-order chi connectivity index (χ0) is 71.0. The van der Waals surface area contributed by atoms with Crippen molar-refractivity contribution in [2.45, 2.75) is 408 Å². The Balaban J connectivity index is 5.18. The number of aliphatic hydroxyl groups excluding tert-OH is 1. The van der Waals surface area contributed by atoms with Crippen LogP contribution in [0.4, 0.5) is 0 Å². The van der Waals surface area contributed by atoms with Gasteiger partial charge < -0.3 is 33.8 Å². The predicted molar refractivity (Wildman–Crippen MR) is 391 cm³/mol. The Morgan fingerprint density at radius 3 is 0.740 bits per heavy atom. The van der Waals surface area contributed by atoms with Crippen LogP contribution in [-0.2, 0) is 65.4 Å². The highest BCUT2D eigenvalue weighted by molar-refractivity contribution is 7.47. The molecule has 0 saturated carbocycles. The second-order valence-corrected chi connectivity index (χ2v) is 32.1. The molecule has 0 aromatic carbocycles. The smallest absolute Gasteiger partial charge is 0.462 e. The number of esters is 4. The van der Waals surface area contributed by atoms with Gasteiger partial charge in [-0.2, -0.15) is 0 Å². The number of aliphatic hydroxyl groups is 1. The summed E-state index contributed by atoms with van der Waals surface area (Å²) >= 11 is 0. The molecule has 0 radical (unpaired) electrons. The van der Waals surface area contributed by atoms with Crippen LogP contribution in [0.5, 0.6) is 0 Å². The number of carbonyl (C=O) groups excluding carboxylic acids is 4. The molecule has 0 heterocycles. The van der Waals surface area contributed by atoms with Crippen molar-refractivity contribution in [3.63, 3.8) is 0 Å². The van der Waals surface area contributed by atoms with Gasteiger partial charge in [0.15, 0.2) is 12.2 Å². The van der Waals surface area contributed by atoms with Gasteiger partial charge in [-0.1, -0.05) is 338 Å². The minimum absolute atomic E-state index is 0.103. The van der Waals surface area contributed by atoms with Crippen LogP contribution in [-0.4, -0.2) is 96.7 Å². The molecule has 0 amide bonds. The first-order valence-corrected chi connectivity index (χ1v) is 42.8. The molecule has 4 unspecified atom stereocenters. The Labute approximate surface area is 588 Å². The average Bonchev–Trinajstić information content (AvgIpc) is 2.65. The van der Waals surface area contributed by atoms with E-state index < -0.39 is 97.5 Å². The quantitative estimate of drug-likeness (QED) is 0.0222. The molecule has 17 nitrogen and oxygen atoms in total. The largest absolute Gasteiger partial charge is 0.472 e. The molecule has 0 bridgehead atoms. The molecule has 0 rings (SSSR count). The van der Waals surface area contributed by atoms with Crippen molar-refractivity contribution in [2.75, 3.05) is 39.6 Å². The van der Waals surface area contributed by atoms with E-state index in [0.29, 0.717) is 25.7 Å². The first kappa shape index (κ1) is 94.1. The summed E-state index contributed by atoms with van der Waals surface area (Å²) in [5.74, 6) is 0.936. The Hall–Kier alpha value is -1.94. The maximum atomic E-state index is 13.1. The topological polar surface area (TPSA) is 237 Å². The predicted octanol–water partition coefficient (Wildman–Crippen LogP) is 22.4. The lowest BCUT2D eigenvalue weighted by Gasteiger charge is -2.21. The van der Waals surface area contributed by atoms with Crippen LogP contribution < -0.4 is 0 Å². The number of rotatable bonds is 74. The van der Waals surface area contributed by atoms with E-state index in [9.17, 15) is 43.2 Å². The van der Waals surface area contributed by atoms with Gasteiger partial charge in [-0.15, -0.1) is 0 Å². The van der Waals surface area contributed by atoms with Crippen molar-refractivity contribution in [3.05, 3.63) is 0 Å². The highest BCUT2D eigenvalue weighted by atomic mass is 31.2. The van der Waals surface area contributed by atoms with E-state index in [1.54, 1.807) is 0 Å². The van der Waals surface area contributed by atoms with Crippen molar-refractivity contribution in [2.24, 2.45) is 23.7 Å². The fraction of sp³-hybridized carbons (Fsp3) is 0.948. The number of hydrogen-bond acceptors (Lipinski definition) is 15. The Morgan fingerprint density at radius 1 is 0.292 bits per heavy atom. The number of carbonyl (C=O) groups is 4. The van der Waals surface area contributed by atoms with E-state index in [1.807, 2.05) is 0 Å². The van der Waals surface area contributed by atoms with E-state index in [2.05, 4.69) is 55.4 Å². The van der Waals surface area contributed by atoms with Gasteiger partial charge in [-0.05, 0) is 49.4 Å². The van der Waals surface area contributed by atoms with Crippen LogP contribution >= 0.6 is 15.6 Å². The molecule has 19 heteroatoms. The van der Waals surface area contributed by atoms with Gasteiger partial charge in [0, 0.05) is 25.7 Å². The summed E-state index contributed by atoms with van der Waals surface area (Å²) in [4.78, 5) is 72.8. The molecule has 7 atom stereocenters. The first-order chi connectivity index (χ1) is 46.2. The molecule has 96 heavy (non-hydrogen) atoms. The van der Waals surface area contributed by atoms with Crippen LogP contribution in [0.15, 0.2) is 0 Å². The Morgan fingerprint density at radius 2 is 0.500 bits per heavy atom. The lowest BCUT2D eigenvalue weighted by Crippen LogP contribution is -2.30. The standard InChI is InChI=1S/C77H150O17P2/c1-9-69(7)55-47-39-33-35-42-50-58-75(80)88-64-72(93-76(81)59-51-43-32-28-24-20-14-12-11-13-17-21-25-29-37-45-53-67(3)4)65-91-95(83,84)89-61-71(78)62-90-96(85,86)92-66-73(94-77(82)60-52-44-36-34-40-48-56-70(8)10-2)63-87-74(79)57-49-41-31-27-23-19-16-15-18-22-26-30-38-46-54-68(5)6/h67-73,78H,9-66H2,1-8H3,(H,83,84)(H,85,86)/t69?,70?,71-,72+,73+/m0/s1. The van der Waals surface area contributed by atoms with Crippen molar-refractivity contribution < 1.29 is 80.2 Å². The zero-order valence-electron chi connectivity index (χ0n) is 63.0. The minimum Gasteiger partial charge on any atom is -0.462 e. The molecule has 0 fully saturated rings. The van der Waals surface area contributed by atoms with Crippen molar-refractivity contribution in [3.8, 4) is 0 Å². The Bertz CT molecular complexity index is 1890. The van der Waals surface area contributed by atoms with Crippen molar-refractivity contribution >= 4 is 39.5 Å². The fourth-order valence-corrected chi connectivity index (χ4v) is 13.2. The molecule has 3 N–H and O–H groups in total. The Kier molecular flexibility index (Phi) is 65.0. The van der Waals surface area contributed by atoms with Gasteiger partial charge >= 0.3 is 39.5 Å². The summed E-state index contributed by atoms with van der Waals surface area (Å²) < 4.78 is 68.5. The second kappa shape index (κ2) is 66.3. The number of hydrogen-bond donors (Lipinski definition) is 3. The number of phosphoric acid groups is 2. The second-order valence-electron chi connectivity index (χ2n) is 29.2. The van der Waals surface area contributed by atoms with Gasteiger partial charge in [-0.3, -0.25) is 37.3 Å². The van der Waals surface area contributed by atoms with Crippen molar-refractivity contribution in [1.82, 2.24) is 0 Å². The number of phosphoric ester groups is 2. The number of ether oxygens (including phenoxy) is 4. The molecule has 0 saturated heterocycles. The van der Waals surface area contributed by atoms with Crippen LogP contribution in [0.25, 0.3) is 0 Å². The SMILES string of the molecule is CCC(C)CCCCCCCCC(=O)OC[C@H](COP(=O)(O)OC[C@H](O)COP(=O)(O)OC[C@@H](COC(=O)CCCCCCCCCCCCCCCCC(C)C)OC(=O)CCCCCCCCC(C)CC)OC(=O)CCCCCCCCCCCCCCCCCCC(C)C. The zero-order valence-corrected chi connectivity index (χ0v) is 64.8. The molecule has 0 aromatic heterocycles. The summed E-state index contributed by atoms with van der Waals surface area (Å²) in [6.45, 7) is 14.2. The van der Waals surface area contributed by atoms with Gasteiger partial charge in [0.05, 0.1) is 26.4 Å². The van der Waals surface area contributed by atoms with Gasteiger partial charge in [0.2, 0.25) is 0 Å². The first-order valence-electron chi connectivity index (χ1n) is 39.8. The summed E-state index contributed by atoms with van der Waals surface area (Å²) in [6, 6.07) is 0. The van der Waals surface area contributed by atoms with Crippen LogP contribution in [0.2, 0.25) is 0 Å². The fourth-order valence-electron chi connectivity index (χ4n) is 11.7. The maximum absolute atomic E-state index is 13.1. The number of unbranched alkanes of at least 4 members (excludes halogenated alkanes) is 38. The third-order valence-corrected chi connectivity index (χ3v) is 20.4. The molecule has 0 spiro atoms. The lowest BCUT2D eigenvalue weighted by atomic mass is 10.00. The summed E-state index contributed by atoms with van der Waals surface area (Å²) in [5, 5.41) is 10.6. The molecular formula is C77H150O17P2. The summed E-state index contributed by atoms with van der Waals surface area (Å²) in [5.41, 5.74) is 0. The van der Waals surface area contributed by atoms with E-state index in [1.165, 1.54) is 186 Å². The van der Waals surface area contributed by atoms with Crippen LogP contribution in [0.3, 0.4) is 0 Å². The van der Waals surface area contributed by atoms with Gasteiger partial charge in [-0.25, -0.2) is 9.13 Å². The molecule has 0 aliphatic carbocycles. The molecular weight excluding hydrogens is 1260 g/mol.